The maximum absolute atomic E-state index is 11.1. The van der Waals surface area contributed by atoms with Gasteiger partial charge in [-0.25, -0.2) is 0 Å². The Bertz CT molecular complexity index is 249. The second-order valence-electron chi connectivity index (χ2n) is 2.50. The van der Waals surface area contributed by atoms with Gasteiger partial charge in [0.05, 0.1) is 24.7 Å². The molecule has 0 fully saturated rings. The van der Waals surface area contributed by atoms with Crippen molar-refractivity contribution in [2.45, 2.75) is 20.3 Å². The molecule has 0 amide bonds. The minimum absolute atomic E-state index is 0.235. The summed E-state index contributed by atoms with van der Waals surface area (Å²) in [7, 11) is 0. The number of hydrogen-bond acceptors (Lipinski definition) is 4. The molecule has 0 bridgehead atoms. The SMILES string of the molecule is CCOC(=O)C(C#N)C(C#N)CC. The van der Waals surface area contributed by atoms with Crippen LogP contribution < -0.4 is 0 Å². The minimum atomic E-state index is -0.949. The average Bonchev–Trinajstić information content (AvgIpc) is 2.14. The van der Waals surface area contributed by atoms with Crippen LogP contribution in [0.5, 0.6) is 0 Å². The van der Waals surface area contributed by atoms with Gasteiger partial charge in [-0.15, -0.1) is 0 Å². The number of ether oxygens (including phenoxy) is 1. The van der Waals surface area contributed by atoms with E-state index in [0.29, 0.717) is 6.42 Å². The Labute approximate surface area is 77.7 Å². The monoisotopic (exact) mass is 180 g/mol. The highest BCUT2D eigenvalue weighted by molar-refractivity contribution is 5.76. The first-order chi connectivity index (χ1) is 6.21. The van der Waals surface area contributed by atoms with Crippen LogP contribution in [0.4, 0.5) is 0 Å². The zero-order valence-corrected chi connectivity index (χ0v) is 7.78. The lowest BCUT2D eigenvalue weighted by atomic mass is 9.93. The fourth-order valence-electron chi connectivity index (χ4n) is 0.941. The van der Waals surface area contributed by atoms with Crippen molar-refractivity contribution in [1.29, 1.82) is 10.5 Å². The molecule has 0 aliphatic carbocycles. The smallest absolute Gasteiger partial charge is 0.324 e. The summed E-state index contributed by atoms with van der Waals surface area (Å²) >= 11 is 0. The second kappa shape index (κ2) is 6.02. The molecule has 0 saturated carbocycles. The predicted molar refractivity (Wildman–Crippen MR) is 45.1 cm³/mol. The van der Waals surface area contributed by atoms with Gasteiger partial charge in [0.15, 0.2) is 5.92 Å². The van der Waals surface area contributed by atoms with Gasteiger partial charge in [0.25, 0.3) is 0 Å². The Morgan fingerprint density at radius 2 is 2.00 bits per heavy atom. The third-order valence-electron chi connectivity index (χ3n) is 1.69. The van der Waals surface area contributed by atoms with Crippen molar-refractivity contribution in [3.05, 3.63) is 0 Å². The first-order valence-electron chi connectivity index (χ1n) is 4.17. The fraction of sp³-hybridized carbons (Fsp3) is 0.667. The zero-order valence-electron chi connectivity index (χ0n) is 7.78. The number of esters is 1. The first-order valence-corrected chi connectivity index (χ1v) is 4.17. The molecule has 0 heterocycles. The first kappa shape index (κ1) is 11.4. The van der Waals surface area contributed by atoms with Crippen LogP contribution in [0.3, 0.4) is 0 Å². The van der Waals surface area contributed by atoms with E-state index in [-0.39, 0.29) is 6.61 Å². The van der Waals surface area contributed by atoms with Gasteiger partial charge in [0, 0.05) is 0 Å². The van der Waals surface area contributed by atoms with Crippen molar-refractivity contribution in [3.63, 3.8) is 0 Å². The van der Waals surface area contributed by atoms with Gasteiger partial charge in [-0.05, 0) is 13.3 Å². The van der Waals surface area contributed by atoms with Gasteiger partial charge in [0.2, 0.25) is 0 Å². The average molecular weight is 180 g/mol. The lowest BCUT2D eigenvalue weighted by Crippen LogP contribution is -2.23. The summed E-state index contributed by atoms with van der Waals surface area (Å²) < 4.78 is 4.67. The summed E-state index contributed by atoms with van der Waals surface area (Å²) in [6.45, 7) is 3.66. The number of carbonyl (C=O) groups is 1. The van der Waals surface area contributed by atoms with Crippen LogP contribution in [0.15, 0.2) is 0 Å². The molecule has 0 radical (unpaired) electrons. The highest BCUT2D eigenvalue weighted by atomic mass is 16.5. The molecule has 0 aliphatic heterocycles. The van der Waals surface area contributed by atoms with E-state index >= 15 is 0 Å². The quantitative estimate of drug-likeness (QED) is 0.610. The second-order valence-corrected chi connectivity index (χ2v) is 2.50. The van der Waals surface area contributed by atoms with Crippen molar-refractivity contribution < 1.29 is 9.53 Å². The van der Waals surface area contributed by atoms with E-state index in [1.54, 1.807) is 19.9 Å². The summed E-state index contributed by atoms with van der Waals surface area (Å²) in [4.78, 5) is 11.1. The molecule has 0 aliphatic rings. The predicted octanol–water partition coefficient (Wildman–Crippen LogP) is 1.24. The Kier molecular flexibility index (Phi) is 5.30. The largest absolute Gasteiger partial charge is 0.465 e. The van der Waals surface area contributed by atoms with Crippen molar-refractivity contribution in [1.82, 2.24) is 0 Å². The molecular weight excluding hydrogens is 168 g/mol. The number of rotatable bonds is 4. The van der Waals surface area contributed by atoms with Crippen LogP contribution in [0.2, 0.25) is 0 Å². The van der Waals surface area contributed by atoms with Crippen LogP contribution >= 0.6 is 0 Å². The van der Waals surface area contributed by atoms with E-state index < -0.39 is 17.8 Å². The molecule has 13 heavy (non-hydrogen) atoms. The summed E-state index contributed by atoms with van der Waals surface area (Å²) in [5.74, 6) is -2.11. The molecule has 4 nitrogen and oxygen atoms in total. The van der Waals surface area contributed by atoms with Gasteiger partial charge in [-0.1, -0.05) is 6.92 Å². The minimum Gasteiger partial charge on any atom is -0.465 e. The van der Waals surface area contributed by atoms with Crippen molar-refractivity contribution in [2.24, 2.45) is 11.8 Å². The molecule has 2 unspecified atom stereocenters. The number of carbonyl (C=O) groups excluding carboxylic acids is 1. The standard InChI is InChI=1S/C9H12N2O2/c1-3-7(5-10)8(6-11)9(12)13-4-2/h7-8H,3-4H2,1-2H3. The molecular formula is C9H12N2O2. The molecule has 0 aromatic carbocycles. The highest BCUT2D eigenvalue weighted by Crippen LogP contribution is 2.15. The maximum Gasteiger partial charge on any atom is 0.324 e. The molecule has 0 spiro atoms. The van der Waals surface area contributed by atoms with Crippen LogP contribution in [0.25, 0.3) is 0 Å². The summed E-state index contributed by atoms with van der Waals surface area (Å²) in [6, 6.07) is 3.71. The van der Waals surface area contributed by atoms with Crippen LogP contribution in [-0.4, -0.2) is 12.6 Å². The fourth-order valence-corrected chi connectivity index (χ4v) is 0.941. The van der Waals surface area contributed by atoms with E-state index in [4.69, 9.17) is 10.5 Å². The van der Waals surface area contributed by atoms with E-state index in [2.05, 4.69) is 4.74 Å². The van der Waals surface area contributed by atoms with Gasteiger partial charge in [0.1, 0.15) is 0 Å². The lowest BCUT2D eigenvalue weighted by molar-refractivity contribution is -0.147. The van der Waals surface area contributed by atoms with E-state index in [9.17, 15) is 4.79 Å². The molecule has 0 N–H and O–H groups in total. The van der Waals surface area contributed by atoms with Gasteiger partial charge < -0.3 is 4.74 Å². The summed E-state index contributed by atoms with van der Waals surface area (Å²) in [5.41, 5.74) is 0. The molecule has 70 valence electrons. The molecule has 0 saturated heterocycles. The Hall–Kier alpha value is -1.55. The van der Waals surface area contributed by atoms with Crippen LogP contribution in [-0.2, 0) is 9.53 Å². The lowest BCUT2D eigenvalue weighted by Gasteiger charge is -2.11. The maximum atomic E-state index is 11.1. The number of hydrogen-bond donors (Lipinski definition) is 0. The summed E-state index contributed by atoms with van der Waals surface area (Å²) in [6.07, 6.45) is 0.480. The van der Waals surface area contributed by atoms with Crippen molar-refractivity contribution in [3.8, 4) is 12.1 Å². The van der Waals surface area contributed by atoms with Gasteiger partial charge >= 0.3 is 5.97 Å². The summed E-state index contributed by atoms with van der Waals surface area (Å²) in [5, 5.41) is 17.3. The number of nitrogens with zero attached hydrogens (tertiary/aromatic N) is 2. The van der Waals surface area contributed by atoms with E-state index in [1.165, 1.54) is 0 Å². The number of nitriles is 2. The molecule has 0 aromatic heterocycles. The zero-order chi connectivity index (χ0) is 10.3. The van der Waals surface area contributed by atoms with E-state index in [0.717, 1.165) is 0 Å². The van der Waals surface area contributed by atoms with Crippen LogP contribution in [0, 0.1) is 34.5 Å². The molecule has 4 heteroatoms. The Balaban J connectivity index is 4.43. The Morgan fingerprint density at radius 3 is 2.31 bits per heavy atom. The van der Waals surface area contributed by atoms with Gasteiger partial charge in [-0.3, -0.25) is 4.79 Å². The van der Waals surface area contributed by atoms with E-state index in [1.807, 2.05) is 6.07 Å². The van der Waals surface area contributed by atoms with Crippen LogP contribution in [0.1, 0.15) is 20.3 Å². The normalized spacial score (nSPS) is 13.5. The van der Waals surface area contributed by atoms with Gasteiger partial charge in [-0.2, -0.15) is 10.5 Å². The topological polar surface area (TPSA) is 73.9 Å². The van der Waals surface area contributed by atoms with Crippen molar-refractivity contribution in [2.75, 3.05) is 6.61 Å². The third kappa shape index (κ3) is 3.13. The molecule has 0 aromatic rings. The Morgan fingerprint density at radius 1 is 1.38 bits per heavy atom. The highest BCUT2D eigenvalue weighted by Gasteiger charge is 2.28. The molecule has 2 atom stereocenters. The van der Waals surface area contributed by atoms with Crippen molar-refractivity contribution >= 4 is 5.97 Å². The third-order valence-corrected chi connectivity index (χ3v) is 1.69. The molecule has 0 rings (SSSR count).